The van der Waals surface area contributed by atoms with Crippen LogP contribution in [0.1, 0.15) is 23.1 Å². The van der Waals surface area contributed by atoms with Crippen LogP contribution in [0.3, 0.4) is 0 Å². The number of hydrogen-bond acceptors (Lipinski definition) is 5. The van der Waals surface area contributed by atoms with Gasteiger partial charge in [0.25, 0.3) is 5.91 Å². The van der Waals surface area contributed by atoms with E-state index < -0.39 is 18.0 Å². The van der Waals surface area contributed by atoms with Crippen LogP contribution < -0.4 is 5.32 Å². The summed E-state index contributed by atoms with van der Waals surface area (Å²) in [7, 11) is 0. The van der Waals surface area contributed by atoms with Crippen LogP contribution in [0.25, 0.3) is 0 Å². The molecule has 6 nitrogen and oxygen atoms in total. The molecule has 2 aromatic rings. The van der Waals surface area contributed by atoms with Gasteiger partial charge in [-0.2, -0.15) is 0 Å². The molecule has 0 aliphatic rings. The van der Waals surface area contributed by atoms with Gasteiger partial charge in [0.1, 0.15) is 0 Å². The van der Waals surface area contributed by atoms with Crippen molar-refractivity contribution in [1.29, 1.82) is 0 Å². The van der Waals surface area contributed by atoms with Gasteiger partial charge in [0.2, 0.25) is 0 Å². The molecule has 0 bridgehead atoms. The summed E-state index contributed by atoms with van der Waals surface area (Å²) in [6.07, 6.45) is 1.78. The lowest BCUT2D eigenvalue weighted by Crippen LogP contribution is -2.30. The number of nitrogens with zero attached hydrogens (tertiary/aromatic N) is 2. The van der Waals surface area contributed by atoms with E-state index in [0.717, 1.165) is 0 Å². The third kappa shape index (κ3) is 4.26. The van der Waals surface area contributed by atoms with E-state index in [9.17, 15) is 9.59 Å². The van der Waals surface area contributed by atoms with Gasteiger partial charge < -0.3 is 10.1 Å². The Hall–Kier alpha value is -2.47. The molecule has 1 atom stereocenters. The number of carbonyl (C=O) groups excluding carboxylic acids is 2. The minimum Gasteiger partial charge on any atom is -0.448 e. The van der Waals surface area contributed by atoms with Gasteiger partial charge in [-0.3, -0.25) is 9.78 Å². The van der Waals surface area contributed by atoms with E-state index >= 15 is 0 Å². The highest BCUT2D eigenvalue weighted by atomic mass is 35.5. The standard InChI is InChI=1S/C15H14ClN3O3/c1-9-7-18-13(8-17-9)15(21)22-10(2)14(20)19-12-5-3-4-11(16)6-12/h3-8,10H,1-2H3,(H,19,20)/t10-/m1/s1. The largest absolute Gasteiger partial charge is 0.448 e. The number of ether oxygens (including phenoxy) is 1. The Kier molecular flexibility index (Phi) is 5.06. The summed E-state index contributed by atoms with van der Waals surface area (Å²) in [4.78, 5) is 31.7. The number of aryl methyl sites for hydroxylation is 1. The average molecular weight is 320 g/mol. The summed E-state index contributed by atoms with van der Waals surface area (Å²) in [5.74, 6) is -1.17. The van der Waals surface area contributed by atoms with Crippen molar-refractivity contribution in [3.8, 4) is 0 Å². The Labute approximate surface area is 132 Å². The summed E-state index contributed by atoms with van der Waals surface area (Å²) in [6.45, 7) is 3.22. The fraction of sp³-hybridized carbons (Fsp3) is 0.200. The number of benzene rings is 1. The second kappa shape index (κ2) is 7.00. The lowest BCUT2D eigenvalue weighted by Gasteiger charge is -2.13. The van der Waals surface area contributed by atoms with Crippen LogP contribution in [0, 0.1) is 6.92 Å². The Balaban J connectivity index is 1.96. The maximum absolute atomic E-state index is 12.0. The minimum absolute atomic E-state index is 0.0491. The first-order valence-electron chi connectivity index (χ1n) is 6.52. The third-order valence-corrected chi connectivity index (χ3v) is 2.97. The minimum atomic E-state index is -0.977. The number of esters is 1. The van der Waals surface area contributed by atoms with E-state index in [2.05, 4.69) is 15.3 Å². The molecule has 1 aromatic carbocycles. The Bertz CT molecular complexity index is 689. The van der Waals surface area contributed by atoms with Gasteiger partial charge in [0.15, 0.2) is 11.8 Å². The first-order valence-corrected chi connectivity index (χ1v) is 6.89. The molecule has 2 rings (SSSR count). The molecule has 0 saturated carbocycles. The molecule has 0 saturated heterocycles. The van der Waals surface area contributed by atoms with Crippen LogP contribution in [0.2, 0.25) is 5.02 Å². The van der Waals surface area contributed by atoms with Crippen molar-refractivity contribution in [2.45, 2.75) is 20.0 Å². The molecule has 1 amide bonds. The van der Waals surface area contributed by atoms with E-state index in [1.807, 2.05) is 0 Å². The molecule has 0 spiro atoms. The summed E-state index contributed by atoms with van der Waals surface area (Å²) in [5, 5.41) is 3.11. The number of halogens is 1. The molecule has 114 valence electrons. The fourth-order valence-electron chi connectivity index (χ4n) is 1.58. The van der Waals surface area contributed by atoms with Crippen molar-refractivity contribution in [3.63, 3.8) is 0 Å². The third-order valence-electron chi connectivity index (χ3n) is 2.74. The fourth-order valence-corrected chi connectivity index (χ4v) is 1.77. The topological polar surface area (TPSA) is 81.2 Å². The molecule has 0 aliphatic carbocycles. The van der Waals surface area contributed by atoms with Gasteiger partial charge in [0, 0.05) is 16.9 Å². The van der Waals surface area contributed by atoms with Crippen LogP contribution in [-0.2, 0) is 9.53 Å². The smallest absolute Gasteiger partial charge is 0.359 e. The van der Waals surface area contributed by atoms with Gasteiger partial charge in [0.05, 0.1) is 11.9 Å². The van der Waals surface area contributed by atoms with Crippen LogP contribution >= 0.6 is 11.6 Å². The lowest BCUT2D eigenvalue weighted by molar-refractivity contribution is -0.123. The van der Waals surface area contributed by atoms with E-state index in [0.29, 0.717) is 16.4 Å². The summed E-state index contributed by atoms with van der Waals surface area (Å²) in [6, 6.07) is 6.68. The van der Waals surface area contributed by atoms with Gasteiger partial charge in [-0.05, 0) is 32.0 Å². The molecular weight excluding hydrogens is 306 g/mol. The van der Waals surface area contributed by atoms with Gasteiger partial charge >= 0.3 is 5.97 Å². The molecule has 0 unspecified atom stereocenters. The number of anilines is 1. The predicted molar refractivity (Wildman–Crippen MR) is 81.7 cm³/mol. The molecule has 22 heavy (non-hydrogen) atoms. The summed E-state index contributed by atoms with van der Waals surface area (Å²) < 4.78 is 5.05. The Morgan fingerprint density at radius 3 is 2.68 bits per heavy atom. The second-order valence-electron chi connectivity index (χ2n) is 4.59. The van der Waals surface area contributed by atoms with Crippen LogP contribution in [-0.4, -0.2) is 27.9 Å². The van der Waals surface area contributed by atoms with Crippen molar-refractivity contribution in [1.82, 2.24) is 9.97 Å². The lowest BCUT2D eigenvalue weighted by atomic mass is 10.3. The first-order chi connectivity index (χ1) is 10.5. The maximum atomic E-state index is 12.0. The zero-order valence-corrected chi connectivity index (χ0v) is 12.8. The van der Waals surface area contributed by atoms with Crippen LogP contribution in [0.15, 0.2) is 36.7 Å². The summed E-state index contributed by atoms with van der Waals surface area (Å²) >= 11 is 5.83. The maximum Gasteiger partial charge on any atom is 0.359 e. The molecule has 0 aliphatic heterocycles. The second-order valence-corrected chi connectivity index (χ2v) is 5.03. The predicted octanol–water partition coefficient (Wildman–Crippen LogP) is 2.62. The zero-order chi connectivity index (χ0) is 16.1. The SMILES string of the molecule is Cc1cnc(C(=O)O[C@H](C)C(=O)Nc2cccc(Cl)c2)cn1. The number of aromatic nitrogens is 2. The first kappa shape index (κ1) is 15.9. The van der Waals surface area contributed by atoms with Crippen molar-refractivity contribution in [2.75, 3.05) is 5.32 Å². The summed E-state index contributed by atoms with van der Waals surface area (Å²) in [5.41, 5.74) is 1.26. The van der Waals surface area contributed by atoms with Crippen molar-refractivity contribution < 1.29 is 14.3 Å². The molecule has 1 heterocycles. The van der Waals surface area contributed by atoms with Gasteiger partial charge in [-0.1, -0.05) is 17.7 Å². The Morgan fingerprint density at radius 1 is 1.27 bits per heavy atom. The highest BCUT2D eigenvalue weighted by Gasteiger charge is 2.20. The van der Waals surface area contributed by atoms with E-state index in [-0.39, 0.29) is 5.69 Å². The highest BCUT2D eigenvalue weighted by molar-refractivity contribution is 6.30. The monoisotopic (exact) mass is 319 g/mol. The number of carbonyl (C=O) groups is 2. The highest BCUT2D eigenvalue weighted by Crippen LogP contribution is 2.15. The molecular formula is C15H14ClN3O3. The van der Waals surface area contributed by atoms with Gasteiger partial charge in [-0.15, -0.1) is 0 Å². The van der Waals surface area contributed by atoms with Crippen LogP contribution in [0.4, 0.5) is 5.69 Å². The number of hydrogen-bond donors (Lipinski definition) is 1. The number of amides is 1. The average Bonchev–Trinajstić information content (AvgIpc) is 2.47. The molecule has 7 heteroatoms. The Morgan fingerprint density at radius 2 is 2.05 bits per heavy atom. The molecule has 1 N–H and O–H groups in total. The molecule has 0 fully saturated rings. The number of rotatable bonds is 4. The van der Waals surface area contributed by atoms with Gasteiger partial charge in [-0.25, -0.2) is 9.78 Å². The normalized spacial score (nSPS) is 11.6. The van der Waals surface area contributed by atoms with E-state index in [1.165, 1.54) is 19.3 Å². The van der Waals surface area contributed by atoms with Crippen LogP contribution in [0.5, 0.6) is 0 Å². The van der Waals surface area contributed by atoms with E-state index in [4.69, 9.17) is 16.3 Å². The molecule has 0 radical (unpaired) electrons. The number of nitrogens with one attached hydrogen (secondary N) is 1. The van der Waals surface area contributed by atoms with E-state index in [1.54, 1.807) is 31.2 Å². The van der Waals surface area contributed by atoms with Crippen molar-refractivity contribution >= 4 is 29.2 Å². The quantitative estimate of drug-likeness (QED) is 0.876. The van der Waals surface area contributed by atoms with Crippen molar-refractivity contribution in [2.24, 2.45) is 0 Å². The molecule has 1 aromatic heterocycles. The zero-order valence-electron chi connectivity index (χ0n) is 12.0. The van der Waals surface area contributed by atoms with Crippen molar-refractivity contribution in [3.05, 3.63) is 53.1 Å².